The number of amides is 2. The van der Waals surface area contributed by atoms with Gasteiger partial charge >= 0.3 is 29.6 Å². The Morgan fingerprint density at radius 1 is 1.21 bits per heavy atom. The fourth-order valence-electron chi connectivity index (χ4n) is 3.97. The van der Waals surface area contributed by atoms with Crippen molar-refractivity contribution in [3.8, 4) is 0 Å². The summed E-state index contributed by atoms with van der Waals surface area (Å²) >= 11 is 1.39. The predicted molar refractivity (Wildman–Crippen MR) is 106 cm³/mol. The summed E-state index contributed by atoms with van der Waals surface area (Å²) in [5.74, 6) is -1.67. The smallest absolute Gasteiger partial charge is 0.548 e. The van der Waals surface area contributed by atoms with Gasteiger partial charge in [0.05, 0.1) is 17.9 Å². The molecule has 29 heavy (non-hydrogen) atoms. The van der Waals surface area contributed by atoms with Gasteiger partial charge in [-0.05, 0) is 44.2 Å². The summed E-state index contributed by atoms with van der Waals surface area (Å²) in [6.45, 7) is 9.70. The minimum atomic E-state index is -1.26. The molecule has 0 spiro atoms. The molecule has 0 radical (unpaired) electrons. The molecule has 2 amide bonds. The van der Waals surface area contributed by atoms with Crippen LogP contribution in [0, 0.1) is 5.92 Å². The van der Waals surface area contributed by atoms with Crippen LogP contribution in [0.2, 0.25) is 0 Å². The van der Waals surface area contributed by atoms with E-state index in [1.54, 1.807) is 13.8 Å². The standard InChI is InChI=1S/C21H28N2O4S.Na/c1-11(2)10-13-6-8-14(9-7-13)12(3)17(24)22-15-18(25)23-16(20(26)27)21(4,5)28-19(15)23;/h6-9,11-12,15-16,19H,10H2,1-5H3,(H,22,24)(H,26,27);/q;+1/p-1. The molecule has 1 N–H and O–H groups in total. The molecule has 1 aromatic rings. The summed E-state index contributed by atoms with van der Waals surface area (Å²) in [5, 5.41) is 13.9. The van der Waals surface area contributed by atoms with E-state index in [0.717, 1.165) is 12.0 Å². The number of rotatable bonds is 6. The van der Waals surface area contributed by atoms with Crippen molar-refractivity contribution in [3.63, 3.8) is 0 Å². The number of carboxylic acids is 1. The van der Waals surface area contributed by atoms with Crippen LogP contribution >= 0.6 is 11.8 Å². The first-order valence-electron chi connectivity index (χ1n) is 9.63. The van der Waals surface area contributed by atoms with Gasteiger partial charge in [-0.1, -0.05) is 38.1 Å². The summed E-state index contributed by atoms with van der Waals surface area (Å²) in [4.78, 5) is 38.0. The second kappa shape index (κ2) is 9.00. The van der Waals surface area contributed by atoms with Crippen LogP contribution in [-0.4, -0.2) is 44.9 Å². The molecular weight excluding hydrogens is 399 g/mol. The Morgan fingerprint density at radius 3 is 2.31 bits per heavy atom. The number of nitrogens with one attached hydrogen (secondary N) is 1. The van der Waals surface area contributed by atoms with Gasteiger partial charge in [0.2, 0.25) is 11.8 Å². The molecule has 4 atom stereocenters. The van der Waals surface area contributed by atoms with Crippen LogP contribution in [0.25, 0.3) is 0 Å². The molecule has 0 aliphatic carbocycles. The third-order valence-electron chi connectivity index (χ3n) is 5.48. The van der Waals surface area contributed by atoms with Crippen LogP contribution in [0.5, 0.6) is 0 Å². The SMILES string of the molecule is CC(C)Cc1ccc(C(C)C(=O)NC2C(=O)N3C2SC(C)(C)C3C(=O)[O-])cc1.[Na+]. The summed E-state index contributed by atoms with van der Waals surface area (Å²) in [7, 11) is 0. The van der Waals surface area contributed by atoms with Gasteiger partial charge in [-0.3, -0.25) is 9.59 Å². The van der Waals surface area contributed by atoms with E-state index in [2.05, 4.69) is 19.2 Å². The second-order valence-corrected chi connectivity index (χ2v) is 10.4. The van der Waals surface area contributed by atoms with E-state index in [4.69, 9.17) is 0 Å². The molecule has 2 saturated heterocycles. The number of carboxylic acid groups (broad SMARTS) is 1. The summed E-state index contributed by atoms with van der Waals surface area (Å²) in [5.41, 5.74) is 2.12. The van der Waals surface area contributed by atoms with Crippen molar-refractivity contribution >= 4 is 29.5 Å². The van der Waals surface area contributed by atoms with E-state index in [9.17, 15) is 19.5 Å². The first-order chi connectivity index (χ1) is 13.0. The van der Waals surface area contributed by atoms with Crippen molar-refractivity contribution in [1.29, 1.82) is 0 Å². The van der Waals surface area contributed by atoms with E-state index >= 15 is 0 Å². The maximum Gasteiger partial charge on any atom is 1.00 e. The number of benzene rings is 1. The van der Waals surface area contributed by atoms with Crippen LogP contribution in [0.1, 0.15) is 51.7 Å². The average Bonchev–Trinajstić information content (AvgIpc) is 2.87. The molecule has 2 fully saturated rings. The molecule has 2 aliphatic rings. The van der Waals surface area contributed by atoms with Gasteiger partial charge in [0.15, 0.2) is 0 Å². The molecule has 1 aromatic carbocycles. The largest absolute Gasteiger partial charge is 1.00 e. The Balaban J connectivity index is 0.00000300. The molecule has 3 rings (SSSR count). The molecule has 2 aliphatic heterocycles. The zero-order valence-corrected chi connectivity index (χ0v) is 20.7. The number of carbonyl (C=O) groups excluding carboxylic acids is 3. The van der Waals surface area contributed by atoms with E-state index in [1.807, 2.05) is 31.2 Å². The zero-order valence-electron chi connectivity index (χ0n) is 17.9. The predicted octanol–water partition coefficient (Wildman–Crippen LogP) is -1.71. The van der Waals surface area contributed by atoms with Gasteiger partial charge in [0.1, 0.15) is 11.4 Å². The maximum atomic E-state index is 12.7. The van der Waals surface area contributed by atoms with E-state index < -0.39 is 28.7 Å². The fraction of sp³-hybridized carbons (Fsp3) is 0.571. The fourth-order valence-corrected chi connectivity index (χ4v) is 5.59. The average molecular weight is 427 g/mol. The number of hydrogen-bond donors (Lipinski definition) is 1. The van der Waals surface area contributed by atoms with Gasteiger partial charge in [-0.15, -0.1) is 11.8 Å². The summed E-state index contributed by atoms with van der Waals surface area (Å²) < 4.78 is -0.656. The summed E-state index contributed by atoms with van der Waals surface area (Å²) in [6, 6.07) is 6.31. The van der Waals surface area contributed by atoms with Crippen molar-refractivity contribution in [2.75, 3.05) is 0 Å². The van der Waals surface area contributed by atoms with E-state index in [0.29, 0.717) is 5.92 Å². The Hall–Kier alpha value is -1.02. The zero-order chi connectivity index (χ0) is 20.8. The van der Waals surface area contributed by atoms with Crippen molar-refractivity contribution in [3.05, 3.63) is 35.4 Å². The van der Waals surface area contributed by atoms with Crippen molar-refractivity contribution in [2.45, 2.75) is 69.2 Å². The van der Waals surface area contributed by atoms with E-state index in [1.165, 1.54) is 22.2 Å². The Labute approximate surface area is 198 Å². The molecule has 2 heterocycles. The van der Waals surface area contributed by atoms with E-state index in [-0.39, 0.29) is 46.7 Å². The van der Waals surface area contributed by atoms with Crippen LogP contribution in [0.4, 0.5) is 0 Å². The molecule has 8 heteroatoms. The van der Waals surface area contributed by atoms with Crippen LogP contribution in [-0.2, 0) is 20.8 Å². The molecule has 6 nitrogen and oxygen atoms in total. The number of carbonyl (C=O) groups is 3. The number of aliphatic carboxylic acids is 1. The molecule has 152 valence electrons. The number of thioether (sulfide) groups is 1. The normalized spacial score (nSPS) is 25.7. The minimum absolute atomic E-state index is 0. The molecule has 0 bridgehead atoms. The minimum Gasteiger partial charge on any atom is -0.548 e. The topological polar surface area (TPSA) is 89.5 Å². The summed E-state index contributed by atoms with van der Waals surface area (Å²) in [6.07, 6.45) is 0.988. The van der Waals surface area contributed by atoms with Crippen LogP contribution < -0.4 is 40.0 Å². The van der Waals surface area contributed by atoms with Gasteiger partial charge in [0, 0.05) is 4.75 Å². The number of hydrogen-bond acceptors (Lipinski definition) is 5. The Bertz CT molecular complexity index is 796. The Kier molecular flexibility index (Phi) is 7.53. The maximum absolute atomic E-state index is 12.7. The van der Waals surface area contributed by atoms with Gasteiger partial charge in [-0.2, -0.15) is 0 Å². The molecule has 4 unspecified atom stereocenters. The van der Waals surface area contributed by atoms with Gasteiger partial charge < -0.3 is 20.1 Å². The second-order valence-electron chi connectivity index (χ2n) is 8.63. The quantitative estimate of drug-likeness (QED) is 0.432. The first kappa shape index (κ1) is 24.3. The number of β-lactam (4-membered cyclic amide) rings is 1. The van der Waals surface area contributed by atoms with Gasteiger partial charge in [-0.25, -0.2) is 0 Å². The third-order valence-corrected chi connectivity index (χ3v) is 7.05. The van der Waals surface area contributed by atoms with Crippen molar-refractivity contribution < 1.29 is 49.0 Å². The van der Waals surface area contributed by atoms with Crippen LogP contribution in [0.3, 0.4) is 0 Å². The van der Waals surface area contributed by atoms with Crippen LogP contribution in [0.15, 0.2) is 24.3 Å². The molecule has 0 saturated carbocycles. The molecule has 0 aromatic heterocycles. The van der Waals surface area contributed by atoms with Crippen molar-refractivity contribution in [2.24, 2.45) is 5.92 Å². The number of fused-ring (bicyclic) bond motifs is 1. The molecular formula is C21H27N2NaO4S. The first-order valence-corrected chi connectivity index (χ1v) is 10.5. The van der Waals surface area contributed by atoms with Gasteiger partial charge in [0.25, 0.3) is 0 Å². The number of nitrogens with zero attached hydrogens (tertiary/aromatic N) is 1. The van der Waals surface area contributed by atoms with Crippen molar-refractivity contribution in [1.82, 2.24) is 10.2 Å². The Morgan fingerprint density at radius 2 is 1.79 bits per heavy atom. The monoisotopic (exact) mass is 426 g/mol. The third kappa shape index (κ3) is 4.68.